The van der Waals surface area contributed by atoms with E-state index in [1.54, 1.807) is 0 Å². The molecule has 112 valence electrons. The Morgan fingerprint density at radius 3 is 2.60 bits per heavy atom. The first-order chi connectivity index (χ1) is 9.63. The van der Waals surface area contributed by atoms with Gasteiger partial charge in [-0.05, 0) is 30.5 Å². The van der Waals surface area contributed by atoms with Crippen molar-refractivity contribution in [2.45, 2.75) is 40.0 Å². The van der Waals surface area contributed by atoms with Crippen LogP contribution in [0, 0.1) is 5.92 Å². The number of nitrogens with one attached hydrogen (secondary N) is 1. The zero-order chi connectivity index (χ0) is 14.4. The fraction of sp³-hybridized carbons (Fsp3) is 0.647. The molecule has 0 bridgehead atoms. The molecule has 1 N–H and O–H groups in total. The standard InChI is InChI=1S/C17H28N2O/c1-14(2)10-18-11-16-4-6-17(7-5-16)13-19-8-9-20-15(3)12-19/h4-7,14-15,18H,8-13H2,1-3H3. The van der Waals surface area contributed by atoms with E-state index in [2.05, 4.69) is 55.3 Å². The van der Waals surface area contributed by atoms with Gasteiger partial charge in [-0.15, -0.1) is 0 Å². The highest BCUT2D eigenvalue weighted by Gasteiger charge is 2.16. The van der Waals surface area contributed by atoms with Crippen LogP contribution in [0.2, 0.25) is 0 Å². The van der Waals surface area contributed by atoms with Crippen LogP contribution in [0.3, 0.4) is 0 Å². The first-order valence-corrected chi connectivity index (χ1v) is 7.76. The van der Waals surface area contributed by atoms with Crippen LogP contribution in [0.5, 0.6) is 0 Å². The predicted molar refractivity (Wildman–Crippen MR) is 83.7 cm³/mol. The summed E-state index contributed by atoms with van der Waals surface area (Å²) in [4.78, 5) is 2.47. The molecule has 3 heteroatoms. The maximum Gasteiger partial charge on any atom is 0.0674 e. The topological polar surface area (TPSA) is 24.5 Å². The second-order valence-corrected chi connectivity index (χ2v) is 6.26. The van der Waals surface area contributed by atoms with Gasteiger partial charge in [0.05, 0.1) is 12.7 Å². The Bertz CT molecular complexity index is 388. The molecule has 1 aromatic carbocycles. The van der Waals surface area contributed by atoms with Crippen LogP contribution >= 0.6 is 0 Å². The van der Waals surface area contributed by atoms with Gasteiger partial charge in [0.1, 0.15) is 0 Å². The Hall–Kier alpha value is -0.900. The van der Waals surface area contributed by atoms with E-state index in [-0.39, 0.29) is 0 Å². The highest BCUT2D eigenvalue weighted by molar-refractivity contribution is 5.22. The van der Waals surface area contributed by atoms with E-state index in [1.165, 1.54) is 11.1 Å². The maximum absolute atomic E-state index is 5.58. The summed E-state index contributed by atoms with van der Waals surface area (Å²) in [5, 5.41) is 3.48. The molecule has 1 heterocycles. The first-order valence-electron chi connectivity index (χ1n) is 7.76. The lowest BCUT2D eigenvalue weighted by atomic mass is 10.1. The van der Waals surface area contributed by atoms with Gasteiger partial charge in [0.15, 0.2) is 0 Å². The van der Waals surface area contributed by atoms with Crippen LogP contribution in [0.15, 0.2) is 24.3 Å². The molecule has 1 atom stereocenters. The van der Waals surface area contributed by atoms with Crippen LogP contribution in [0.25, 0.3) is 0 Å². The number of rotatable bonds is 6. The molecule has 0 spiro atoms. The third-order valence-electron chi connectivity index (χ3n) is 3.64. The van der Waals surface area contributed by atoms with Crippen LogP contribution in [-0.4, -0.2) is 37.2 Å². The minimum atomic E-state index is 0.364. The van der Waals surface area contributed by atoms with Crippen molar-refractivity contribution in [3.63, 3.8) is 0 Å². The van der Waals surface area contributed by atoms with E-state index in [4.69, 9.17) is 4.74 Å². The summed E-state index contributed by atoms with van der Waals surface area (Å²) in [6.07, 6.45) is 0.364. The first kappa shape index (κ1) is 15.5. The Morgan fingerprint density at radius 1 is 1.25 bits per heavy atom. The molecule has 1 unspecified atom stereocenters. The second kappa shape index (κ2) is 7.77. The molecule has 0 aromatic heterocycles. The molecule has 1 saturated heterocycles. The number of nitrogens with zero attached hydrogens (tertiary/aromatic N) is 1. The average Bonchev–Trinajstić information content (AvgIpc) is 2.40. The third-order valence-corrected chi connectivity index (χ3v) is 3.64. The molecular weight excluding hydrogens is 248 g/mol. The molecule has 0 amide bonds. The zero-order valence-electron chi connectivity index (χ0n) is 13.1. The zero-order valence-corrected chi connectivity index (χ0v) is 13.1. The Morgan fingerprint density at radius 2 is 1.95 bits per heavy atom. The number of morpholine rings is 1. The molecule has 2 rings (SSSR count). The predicted octanol–water partition coefficient (Wildman–Crippen LogP) is 2.65. The van der Waals surface area contributed by atoms with Gasteiger partial charge < -0.3 is 10.1 Å². The highest BCUT2D eigenvalue weighted by atomic mass is 16.5. The van der Waals surface area contributed by atoms with Crippen molar-refractivity contribution >= 4 is 0 Å². The van der Waals surface area contributed by atoms with Gasteiger partial charge in [0, 0.05) is 26.2 Å². The molecule has 0 saturated carbocycles. The van der Waals surface area contributed by atoms with Crippen LogP contribution < -0.4 is 5.32 Å². The van der Waals surface area contributed by atoms with Crippen molar-refractivity contribution < 1.29 is 4.74 Å². The third kappa shape index (κ3) is 5.23. The van der Waals surface area contributed by atoms with Crippen molar-refractivity contribution in [3.8, 4) is 0 Å². The SMILES string of the molecule is CC(C)CNCc1ccc(CN2CCOC(C)C2)cc1. The fourth-order valence-electron chi connectivity index (χ4n) is 2.56. The minimum absolute atomic E-state index is 0.364. The molecule has 20 heavy (non-hydrogen) atoms. The number of benzene rings is 1. The van der Waals surface area contributed by atoms with Gasteiger partial charge >= 0.3 is 0 Å². The molecule has 0 aliphatic carbocycles. The number of hydrogen-bond donors (Lipinski definition) is 1. The quantitative estimate of drug-likeness (QED) is 0.864. The van der Waals surface area contributed by atoms with Crippen LogP contribution in [-0.2, 0) is 17.8 Å². The summed E-state index contributed by atoms with van der Waals surface area (Å²) in [6, 6.07) is 9.00. The lowest BCUT2D eigenvalue weighted by Gasteiger charge is -2.31. The molecule has 1 aliphatic heterocycles. The summed E-state index contributed by atoms with van der Waals surface area (Å²) >= 11 is 0. The number of ether oxygens (including phenoxy) is 1. The van der Waals surface area contributed by atoms with E-state index >= 15 is 0 Å². The maximum atomic E-state index is 5.58. The van der Waals surface area contributed by atoms with Crippen molar-refractivity contribution in [2.24, 2.45) is 5.92 Å². The Labute approximate surface area is 123 Å². The summed E-state index contributed by atoms with van der Waals surface area (Å²) < 4.78 is 5.58. The van der Waals surface area contributed by atoms with Gasteiger partial charge in [-0.1, -0.05) is 38.1 Å². The lowest BCUT2D eigenvalue weighted by molar-refractivity contribution is -0.0212. The van der Waals surface area contributed by atoms with Gasteiger partial charge in [-0.3, -0.25) is 4.90 Å². The van der Waals surface area contributed by atoms with Crippen LogP contribution in [0.4, 0.5) is 0 Å². The number of hydrogen-bond acceptors (Lipinski definition) is 3. The van der Waals surface area contributed by atoms with E-state index in [1.807, 2.05) is 0 Å². The molecule has 0 radical (unpaired) electrons. The molecule has 1 fully saturated rings. The van der Waals surface area contributed by atoms with E-state index in [0.29, 0.717) is 12.0 Å². The Kier molecular flexibility index (Phi) is 6.02. The summed E-state index contributed by atoms with van der Waals surface area (Å²) in [5.41, 5.74) is 2.76. The normalized spacial score (nSPS) is 20.5. The highest BCUT2D eigenvalue weighted by Crippen LogP contribution is 2.11. The second-order valence-electron chi connectivity index (χ2n) is 6.26. The minimum Gasteiger partial charge on any atom is -0.376 e. The molecule has 3 nitrogen and oxygen atoms in total. The van der Waals surface area contributed by atoms with Crippen molar-refractivity contribution in [1.29, 1.82) is 0 Å². The molecule has 1 aliphatic rings. The summed E-state index contributed by atoms with van der Waals surface area (Å²) in [7, 11) is 0. The van der Waals surface area contributed by atoms with E-state index < -0.39 is 0 Å². The lowest BCUT2D eigenvalue weighted by Crippen LogP contribution is -2.40. The van der Waals surface area contributed by atoms with Crippen molar-refractivity contribution in [1.82, 2.24) is 10.2 Å². The van der Waals surface area contributed by atoms with Gasteiger partial charge in [-0.2, -0.15) is 0 Å². The molecular formula is C17H28N2O. The largest absolute Gasteiger partial charge is 0.376 e. The Balaban J connectivity index is 1.79. The smallest absolute Gasteiger partial charge is 0.0674 e. The van der Waals surface area contributed by atoms with Gasteiger partial charge in [0.2, 0.25) is 0 Å². The fourth-order valence-corrected chi connectivity index (χ4v) is 2.56. The van der Waals surface area contributed by atoms with Crippen molar-refractivity contribution in [3.05, 3.63) is 35.4 Å². The summed E-state index contributed by atoms with van der Waals surface area (Å²) in [6.45, 7) is 12.6. The van der Waals surface area contributed by atoms with E-state index in [0.717, 1.165) is 39.3 Å². The van der Waals surface area contributed by atoms with Gasteiger partial charge in [0.25, 0.3) is 0 Å². The van der Waals surface area contributed by atoms with E-state index in [9.17, 15) is 0 Å². The molecule has 1 aromatic rings. The monoisotopic (exact) mass is 276 g/mol. The average molecular weight is 276 g/mol. The van der Waals surface area contributed by atoms with Crippen molar-refractivity contribution in [2.75, 3.05) is 26.2 Å². The van der Waals surface area contributed by atoms with Gasteiger partial charge in [-0.25, -0.2) is 0 Å². The summed E-state index contributed by atoms with van der Waals surface area (Å²) in [5.74, 6) is 0.706. The van der Waals surface area contributed by atoms with Crippen LogP contribution in [0.1, 0.15) is 31.9 Å².